The van der Waals surface area contributed by atoms with E-state index in [0.29, 0.717) is 13.2 Å². The topological polar surface area (TPSA) is 21.7 Å². The quantitative estimate of drug-likeness (QED) is 0.730. The van der Waals surface area contributed by atoms with Gasteiger partial charge in [-0.25, -0.2) is 0 Å². The molecule has 0 saturated carbocycles. The van der Waals surface area contributed by atoms with Gasteiger partial charge in [0.05, 0.1) is 18.8 Å². The molecule has 1 aliphatic rings. The summed E-state index contributed by atoms with van der Waals surface area (Å²) in [7, 11) is 1.75. The molecule has 120 valence electrons. The van der Waals surface area contributed by atoms with Gasteiger partial charge in [-0.05, 0) is 43.3 Å². The first-order valence-corrected chi connectivity index (χ1v) is 8.09. The van der Waals surface area contributed by atoms with Crippen LogP contribution in [-0.2, 0) is 15.0 Å². The molecule has 0 aromatic heterocycles. The van der Waals surface area contributed by atoms with E-state index in [9.17, 15) is 0 Å². The molecule has 2 rings (SSSR count). The first-order valence-electron chi connectivity index (χ1n) is 8.09. The van der Waals surface area contributed by atoms with Crippen LogP contribution in [0.15, 0.2) is 53.8 Å². The number of likely N-dealkylation sites (N-methyl/N-ethyl adjacent to an activating group) is 1. The lowest BCUT2D eigenvalue weighted by molar-refractivity contribution is 0.144. The summed E-state index contributed by atoms with van der Waals surface area (Å²) < 4.78 is 11.3. The number of hydrogen-bond donors (Lipinski definition) is 0. The minimum atomic E-state index is -0.273. The molecule has 0 heterocycles. The van der Waals surface area contributed by atoms with Crippen LogP contribution in [0.3, 0.4) is 0 Å². The largest absolute Gasteiger partial charge is 0.494 e. The smallest absolute Gasteiger partial charge is 0.117 e. The summed E-state index contributed by atoms with van der Waals surface area (Å²) in [5.41, 5.74) is 2.22. The Morgan fingerprint density at radius 3 is 2.27 bits per heavy atom. The molecule has 1 aliphatic carbocycles. The van der Waals surface area contributed by atoms with E-state index in [1.165, 1.54) is 11.1 Å². The van der Waals surface area contributed by atoms with Crippen molar-refractivity contribution in [1.82, 2.24) is 4.90 Å². The Morgan fingerprint density at radius 2 is 1.73 bits per heavy atom. The second-order valence-electron chi connectivity index (χ2n) is 5.39. The second-order valence-corrected chi connectivity index (χ2v) is 5.39. The van der Waals surface area contributed by atoms with Gasteiger partial charge >= 0.3 is 0 Å². The molecule has 22 heavy (non-hydrogen) atoms. The minimum Gasteiger partial charge on any atom is -0.494 e. The van der Waals surface area contributed by atoms with Gasteiger partial charge in [-0.3, -0.25) is 4.90 Å². The van der Waals surface area contributed by atoms with Crippen LogP contribution in [0.5, 0.6) is 0 Å². The molecule has 1 unspecified atom stereocenters. The Kier molecular flexibility index (Phi) is 5.81. The van der Waals surface area contributed by atoms with E-state index < -0.39 is 0 Å². The third kappa shape index (κ3) is 2.96. The van der Waals surface area contributed by atoms with E-state index in [2.05, 4.69) is 61.2 Å². The molecule has 1 aromatic carbocycles. The monoisotopic (exact) mass is 301 g/mol. The Morgan fingerprint density at radius 1 is 1.05 bits per heavy atom. The highest BCUT2D eigenvalue weighted by molar-refractivity contribution is 5.50. The predicted molar refractivity (Wildman–Crippen MR) is 90.7 cm³/mol. The molecular weight excluding hydrogens is 274 g/mol. The van der Waals surface area contributed by atoms with Crippen LogP contribution in [-0.4, -0.2) is 38.3 Å². The average Bonchev–Trinajstić information content (AvgIpc) is 2.90. The van der Waals surface area contributed by atoms with Crippen LogP contribution in [0.1, 0.15) is 26.3 Å². The number of hydrogen-bond acceptors (Lipinski definition) is 3. The van der Waals surface area contributed by atoms with Gasteiger partial charge in [0.25, 0.3) is 0 Å². The van der Waals surface area contributed by atoms with Crippen LogP contribution < -0.4 is 0 Å². The number of benzene rings is 1. The lowest BCUT2D eigenvalue weighted by atomic mass is 9.83. The predicted octanol–water partition coefficient (Wildman–Crippen LogP) is 3.73. The van der Waals surface area contributed by atoms with Gasteiger partial charge in [0.15, 0.2) is 0 Å². The highest BCUT2D eigenvalue weighted by Gasteiger charge is 2.42. The van der Waals surface area contributed by atoms with E-state index in [0.717, 1.165) is 18.8 Å². The lowest BCUT2D eigenvalue weighted by Crippen LogP contribution is -2.46. The third-order valence-electron chi connectivity index (χ3n) is 4.24. The van der Waals surface area contributed by atoms with Gasteiger partial charge in [-0.1, -0.05) is 44.2 Å². The highest BCUT2D eigenvalue weighted by Crippen LogP contribution is 2.43. The Bertz CT molecular complexity index is 532. The number of allylic oxidation sites excluding steroid dienone is 1. The zero-order valence-corrected chi connectivity index (χ0v) is 14.1. The van der Waals surface area contributed by atoms with Crippen LogP contribution in [0.2, 0.25) is 0 Å². The van der Waals surface area contributed by atoms with Crippen molar-refractivity contribution in [2.24, 2.45) is 0 Å². The third-order valence-corrected chi connectivity index (χ3v) is 4.24. The molecule has 0 aliphatic heterocycles. The molecule has 0 spiro atoms. The molecule has 0 N–H and O–H groups in total. The van der Waals surface area contributed by atoms with Gasteiger partial charge in [-0.15, -0.1) is 0 Å². The first kappa shape index (κ1) is 16.8. The maximum Gasteiger partial charge on any atom is 0.117 e. The van der Waals surface area contributed by atoms with Gasteiger partial charge in [0.1, 0.15) is 5.76 Å². The van der Waals surface area contributed by atoms with Crippen molar-refractivity contribution in [1.29, 1.82) is 0 Å². The van der Waals surface area contributed by atoms with Crippen molar-refractivity contribution in [3.05, 3.63) is 59.4 Å². The molecule has 0 fully saturated rings. The van der Waals surface area contributed by atoms with Gasteiger partial charge < -0.3 is 9.47 Å². The SMILES string of the molecule is CCOC1=CC(c2ccccc2)(N(CC)CC)C(COC)=C1. The van der Waals surface area contributed by atoms with Crippen LogP contribution >= 0.6 is 0 Å². The van der Waals surface area contributed by atoms with Gasteiger partial charge in [0.2, 0.25) is 0 Å². The van der Waals surface area contributed by atoms with E-state index in [1.807, 2.05) is 6.92 Å². The molecule has 1 atom stereocenters. The normalized spacial score (nSPS) is 21.0. The number of ether oxygens (including phenoxy) is 2. The zero-order valence-electron chi connectivity index (χ0n) is 14.1. The van der Waals surface area contributed by atoms with Crippen molar-refractivity contribution in [3.8, 4) is 0 Å². The summed E-state index contributed by atoms with van der Waals surface area (Å²) in [5, 5.41) is 0. The van der Waals surface area contributed by atoms with Crippen LogP contribution in [0.25, 0.3) is 0 Å². The number of methoxy groups -OCH3 is 1. The molecule has 3 heteroatoms. The Balaban J connectivity index is 2.58. The summed E-state index contributed by atoms with van der Waals surface area (Å²) in [6.45, 7) is 9.61. The van der Waals surface area contributed by atoms with Crippen molar-refractivity contribution >= 4 is 0 Å². The fraction of sp³-hybridized carbons (Fsp3) is 0.474. The van der Waals surface area contributed by atoms with Crippen molar-refractivity contribution in [3.63, 3.8) is 0 Å². The first-order chi connectivity index (χ1) is 10.7. The molecule has 0 saturated heterocycles. The summed E-state index contributed by atoms with van der Waals surface area (Å²) in [5.74, 6) is 0.935. The standard InChI is InChI=1S/C19H27NO2/c1-5-20(6-2)19(16-11-9-8-10-12-16)14-18(22-7-3)13-17(19)15-21-4/h8-14H,5-7,15H2,1-4H3. The van der Waals surface area contributed by atoms with Gasteiger partial charge in [-0.2, -0.15) is 0 Å². The van der Waals surface area contributed by atoms with E-state index in [-0.39, 0.29) is 5.54 Å². The van der Waals surface area contributed by atoms with Crippen molar-refractivity contribution in [2.45, 2.75) is 26.3 Å². The molecule has 3 nitrogen and oxygen atoms in total. The molecule has 1 aromatic rings. The maximum atomic E-state index is 5.80. The maximum absolute atomic E-state index is 5.80. The summed E-state index contributed by atoms with van der Waals surface area (Å²) in [4.78, 5) is 2.46. The lowest BCUT2D eigenvalue weighted by Gasteiger charge is -2.41. The number of nitrogens with zero attached hydrogens (tertiary/aromatic N) is 1. The minimum absolute atomic E-state index is 0.273. The van der Waals surface area contributed by atoms with E-state index >= 15 is 0 Å². The summed E-state index contributed by atoms with van der Waals surface area (Å²) in [6, 6.07) is 10.6. The average molecular weight is 301 g/mol. The Labute approximate surface area is 134 Å². The van der Waals surface area contributed by atoms with Crippen LogP contribution in [0, 0.1) is 0 Å². The molecule has 0 amide bonds. The summed E-state index contributed by atoms with van der Waals surface area (Å²) >= 11 is 0. The molecular formula is C19H27NO2. The van der Waals surface area contributed by atoms with Gasteiger partial charge in [0, 0.05) is 7.11 Å². The van der Waals surface area contributed by atoms with E-state index in [1.54, 1.807) is 7.11 Å². The van der Waals surface area contributed by atoms with Crippen molar-refractivity contribution in [2.75, 3.05) is 33.4 Å². The Hall–Kier alpha value is -1.58. The zero-order chi connectivity index (χ0) is 16.0. The molecule has 0 bridgehead atoms. The number of rotatable bonds is 8. The molecule has 0 radical (unpaired) electrons. The summed E-state index contributed by atoms with van der Waals surface area (Å²) in [6.07, 6.45) is 4.38. The van der Waals surface area contributed by atoms with Crippen LogP contribution in [0.4, 0.5) is 0 Å². The fourth-order valence-electron chi connectivity index (χ4n) is 3.34. The second kappa shape index (κ2) is 7.61. The fourth-order valence-corrected chi connectivity index (χ4v) is 3.34. The highest BCUT2D eigenvalue weighted by atomic mass is 16.5. The van der Waals surface area contributed by atoms with E-state index in [4.69, 9.17) is 9.47 Å². The van der Waals surface area contributed by atoms with Crippen molar-refractivity contribution < 1.29 is 9.47 Å².